The molecule has 0 fully saturated rings. The molecule has 1 amide bonds. The first-order valence-electron chi connectivity index (χ1n) is 6.50. The third-order valence-corrected chi connectivity index (χ3v) is 5.14. The van der Waals surface area contributed by atoms with Crippen LogP contribution in [-0.4, -0.2) is 25.6 Å². The van der Waals surface area contributed by atoms with Crippen LogP contribution in [0.2, 0.25) is 0 Å². The number of nitrogens with one attached hydrogen (secondary N) is 1. The van der Waals surface area contributed by atoms with Gasteiger partial charge in [-0.1, -0.05) is 17.4 Å². The first-order chi connectivity index (χ1) is 10.8. The number of thiazole rings is 1. The van der Waals surface area contributed by atoms with E-state index >= 15 is 0 Å². The maximum Gasteiger partial charge on any atom is 0.257 e. The molecule has 1 heterocycles. The topological polar surface area (TPSA) is 76.1 Å². The number of halogens is 1. The predicted octanol–water partition coefficient (Wildman–Crippen LogP) is 3.09. The van der Waals surface area contributed by atoms with Crippen molar-refractivity contribution in [2.24, 2.45) is 0 Å². The summed E-state index contributed by atoms with van der Waals surface area (Å²) < 4.78 is 36.9. The molecule has 3 rings (SSSR count). The minimum Gasteiger partial charge on any atom is -0.298 e. The van der Waals surface area contributed by atoms with Crippen molar-refractivity contribution in [1.82, 2.24) is 4.98 Å². The van der Waals surface area contributed by atoms with Crippen molar-refractivity contribution >= 4 is 42.4 Å². The molecule has 0 atom stereocenters. The van der Waals surface area contributed by atoms with E-state index in [1.807, 2.05) is 0 Å². The summed E-state index contributed by atoms with van der Waals surface area (Å²) >= 11 is 1.15. The number of benzene rings is 2. The van der Waals surface area contributed by atoms with Gasteiger partial charge in [0, 0.05) is 11.8 Å². The lowest BCUT2D eigenvalue weighted by Gasteiger charge is -2.00. The Labute approximate surface area is 135 Å². The molecule has 1 aromatic heterocycles. The van der Waals surface area contributed by atoms with Gasteiger partial charge in [0.05, 0.1) is 15.1 Å². The van der Waals surface area contributed by atoms with E-state index in [1.165, 1.54) is 30.3 Å². The summed E-state index contributed by atoms with van der Waals surface area (Å²) in [7, 11) is -3.31. The van der Waals surface area contributed by atoms with E-state index in [-0.39, 0.29) is 10.5 Å². The van der Waals surface area contributed by atoms with Crippen LogP contribution in [0.4, 0.5) is 9.52 Å². The molecule has 23 heavy (non-hydrogen) atoms. The quantitative estimate of drug-likeness (QED) is 0.787. The third-order valence-electron chi connectivity index (χ3n) is 3.10. The van der Waals surface area contributed by atoms with Gasteiger partial charge in [-0.05, 0) is 36.4 Å². The zero-order valence-electron chi connectivity index (χ0n) is 11.9. The Hall–Kier alpha value is -2.32. The van der Waals surface area contributed by atoms with Crippen LogP contribution < -0.4 is 5.32 Å². The molecule has 0 aliphatic carbocycles. The third kappa shape index (κ3) is 3.38. The highest BCUT2D eigenvalue weighted by Gasteiger charge is 2.13. The summed E-state index contributed by atoms with van der Waals surface area (Å²) in [6.07, 6.45) is 1.13. The molecular formula is C15H11FN2O3S2. The van der Waals surface area contributed by atoms with Crippen molar-refractivity contribution < 1.29 is 17.6 Å². The molecule has 1 N–H and O–H groups in total. The highest BCUT2D eigenvalue weighted by Crippen LogP contribution is 2.28. The van der Waals surface area contributed by atoms with Crippen LogP contribution in [0.3, 0.4) is 0 Å². The summed E-state index contributed by atoms with van der Waals surface area (Å²) in [5.41, 5.74) is 0.762. The normalized spacial score (nSPS) is 11.6. The monoisotopic (exact) mass is 350 g/mol. The van der Waals surface area contributed by atoms with E-state index in [0.717, 1.165) is 23.7 Å². The van der Waals surface area contributed by atoms with Gasteiger partial charge in [0.15, 0.2) is 15.0 Å². The van der Waals surface area contributed by atoms with Crippen molar-refractivity contribution in [3.05, 3.63) is 53.8 Å². The number of fused-ring (bicyclic) bond motifs is 1. The second-order valence-corrected chi connectivity index (χ2v) is 7.93. The van der Waals surface area contributed by atoms with Crippen molar-refractivity contribution in [2.45, 2.75) is 4.90 Å². The Balaban J connectivity index is 1.90. The Bertz CT molecular complexity index is 1010. The fraction of sp³-hybridized carbons (Fsp3) is 0.0667. The Morgan fingerprint density at radius 3 is 2.70 bits per heavy atom. The van der Waals surface area contributed by atoms with Crippen molar-refractivity contribution in [3.63, 3.8) is 0 Å². The number of aromatic nitrogens is 1. The number of carbonyl (C=O) groups is 1. The SMILES string of the molecule is CS(=O)(=O)c1ccc2nc(NC(=O)c3cccc(F)c3)sc2c1. The number of anilines is 1. The largest absolute Gasteiger partial charge is 0.298 e. The molecule has 5 nitrogen and oxygen atoms in total. The van der Waals surface area contributed by atoms with Crippen LogP contribution in [0.1, 0.15) is 10.4 Å². The van der Waals surface area contributed by atoms with Crippen LogP contribution in [0.25, 0.3) is 10.2 Å². The van der Waals surface area contributed by atoms with Crippen molar-refractivity contribution in [1.29, 1.82) is 0 Å². The van der Waals surface area contributed by atoms with Crippen molar-refractivity contribution in [2.75, 3.05) is 11.6 Å². The highest BCUT2D eigenvalue weighted by atomic mass is 32.2. The number of amides is 1. The average Bonchev–Trinajstić information content (AvgIpc) is 2.87. The summed E-state index contributed by atoms with van der Waals surface area (Å²) in [6.45, 7) is 0. The molecule has 0 aliphatic rings. The van der Waals surface area contributed by atoms with Gasteiger partial charge in [-0.25, -0.2) is 17.8 Å². The Kier molecular flexibility index (Phi) is 3.87. The summed E-state index contributed by atoms with van der Waals surface area (Å²) in [5, 5.41) is 2.90. The standard InChI is InChI=1S/C15H11FN2O3S2/c1-23(20,21)11-5-6-12-13(8-11)22-15(17-12)18-14(19)9-3-2-4-10(16)7-9/h2-8H,1H3,(H,17,18,19). The zero-order valence-corrected chi connectivity index (χ0v) is 13.5. The average molecular weight is 350 g/mol. The fourth-order valence-corrected chi connectivity index (χ4v) is 3.61. The second kappa shape index (κ2) is 5.71. The predicted molar refractivity (Wildman–Crippen MR) is 87.1 cm³/mol. The van der Waals surface area contributed by atoms with Gasteiger partial charge >= 0.3 is 0 Å². The lowest BCUT2D eigenvalue weighted by molar-refractivity contribution is 0.102. The molecule has 2 aromatic carbocycles. The number of hydrogen-bond acceptors (Lipinski definition) is 5. The molecule has 0 saturated heterocycles. The van der Waals surface area contributed by atoms with E-state index < -0.39 is 21.6 Å². The molecule has 3 aromatic rings. The van der Waals surface area contributed by atoms with Gasteiger partial charge in [0.25, 0.3) is 5.91 Å². The maximum absolute atomic E-state index is 13.1. The van der Waals surface area contributed by atoms with E-state index in [0.29, 0.717) is 15.3 Å². The molecule has 0 spiro atoms. The van der Waals surface area contributed by atoms with E-state index in [1.54, 1.807) is 6.07 Å². The van der Waals surface area contributed by atoms with E-state index in [9.17, 15) is 17.6 Å². The van der Waals surface area contributed by atoms with Gasteiger partial charge in [0.1, 0.15) is 5.82 Å². The van der Waals surface area contributed by atoms with E-state index in [2.05, 4.69) is 10.3 Å². The van der Waals surface area contributed by atoms with Crippen LogP contribution >= 0.6 is 11.3 Å². The van der Waals surface area contributed by atoms with Gasteiger partial charge < -0.3 is 0 Å². The molecule has 118 valence electrons. The van der Waals surface area contributed by atoms with Gasteiger partial charge in [-0.2, -0.15) is 0 Å². The molecule has 0 bridgehead atoms. The second-order valence-electron chi connectivity index (χ2n) is 4.89. The number of carbonyl (C=O) groups excluding carboxylic acids is 1. The summed E-state index contributed by atoms with van der Waals surface area (Å²) in [4.78, 5) is 16.5. The van der Waals surface area contributed by atoms with Crippen LogP contribution in [0, 0.1) is 5.82 Å². The van der Waals surface area contributed by atoms with Gasteiger partial charge in [-0.3, -0.25) is 10.1 Å². The van der Waals surface area contributed by atoms with Crippen LogP contribution in [-0.2, 0) is 9.84 Å². The first kappa shape index (κ1) is 15.6. The molecule has 0 aliphatic heterocycles. The molecule has 0 unspecified atom stereocenters. The number of hydrogen-bond donors (Lipinski definition) is 1. The Morgan fingerprint density at radius 2 is 2.00 bits per heavy atom. The molecule has 8 heteroatoms. The lowest BCUT2D eigenvalue weighted by atomic mass is 10.2. The summed E-state index contributed by atoms with van der Waals surface area (Å²) in [6, 6.07) is 9.88. The molecule has 0 radical (unpaired) electrons. The first-order valence-corrected chi connectivity index (χ1v) is 9.21. The zero-order chi connectivity index (χ0) is 16.6. The summed E-state index contributed by atoms with van der Waals surface area (Å²) in [5.74, 6) is -0.980. The van der Waals surface area contributed by atoms with Gasteiger partial charge in [-0.15, -0.1) is 0 Å². The molecular weight excluding hydrogens is 339 g/mol. The molecule has 0 saturated carbocycles. The highest BCUT2D eigenvalue weighted by molar-refractivity contribution is 7.90. The number of nitrogens with zero attached hydrogens (tertiary/aromatic N) is 1. The van der Waals surface area contributed by atoms with Crippen molar-refractivity contribution in [3.8, 4) is 0 Å². The smallest absolute Gasteiger partial charge is 0.257 e. The Morgan fingerprint density at radius 1 is 1.22 bits per heavy atom. The maximum atomic E-state index is 13.1. The minimum atomic E-state index is -3.31. The van der Waals surface area contributed by atoms with Crippen LogP contribution in [0.5, 0.6) is 0 Å². The fourth-order valence-electron chi connectivity index (χ4n) is 1.99. The number of sulfone groups is 1. The van der Waals surface area contributed by atoms with Gasteiger partial charge in [0.2, 0.25) is 0 Å². The lowest BCUT2D eigenvalue weighted by Crippen LogP contribution is -2.11. The van der Waals surface area contributed by atoms with Crippen LogP contribution in [0.15, 0.2) is 47.4 Å². The number of rotatable bonds is 3. The van der Waals surface area contributed by atoms with E-state index in [4.69, 9.17) is 0 Å². The minimum absolute atomic E-state index is 0.182.